The average molecular weight is 508 g/mol. The number of ether oxygens (including phenoxy) is 2. The molecule has 0 aromatic heterocycles. The molecule has 2 saturated heterocycles. The van der Waals surface area contributed by atoms with Crippen molar-refractivity contribution in [2.24, 2.45) is 10.9 Å². The second-order valence-corrected chi connectivity index (χ2v) is 7.79. The highest BCUT2D eigenvalue weighted by Gasteiger charge is 2.36. The van der Waals surface area contributed by atoms with Gasteiger partial charge in [-0.05, 0) is 30.9 Å². The van der Waals surface area contributed by atoms with Crippen LogP contribution in [0.15, 0.2) is 29.3 Å². The second-order valence-electron chi connectivity index (χ2n) is 7.38. The van der Waals surface area contributed by atoms with Crippen molar-refractivity contribution in [3.8, 4) is 0 Å². The van der Waals surface area contributed by atoms with Gasteiger partial charge in [-0.15, -0.1) is 24.0 Å². The minimum Gasteiger partial charge on any atom is -0.381 e. The molecule has 0 spiro atoms. The van der Waals surface area contributed by atoms with E-state index in [-0.39, 0.29) is 29.4 Å². The molecule has 27 heavy (non-hydrogen) atoms. The van der Waals surface area contributed by atoms with Crippen molar-refractivity contribution in [2.75, 3.05) is 53.6 Å². The van der Waals surface area contributed by atoms with Gasteiger partial charge in [-0.1, -0.05) is 29.8 Å². The molecular formula is C20H31ClIN3O2. The summed E-state index contributed by atoms with van der Waals surface area (Å²) >= 11 is 6.55. The van der Waals surface area contributed by atoms with E-state index in [9.17, 15) is 0 Å². The van der Waals surface area contributed by atoms with Crippen molar-refractivity contribution >= 4 is 41.5 Å². The van der Waals surface area contributed by atoms with E-state index in [0.717, 1.165) is 69.8 Å². The smallest absolute Gasteiger partial charge is 0.193 e. The summed E-state index contributed by atoms with van der Waals surface area (Å²) in [7, 11) is 3.94. The number of rotatable bonds is 5. The zero-order valence-electron chi connectivity index (χ0n) is 16.2. The number of hydrogen-bond acceptors (Lipinski definition) is 3. The zero-order chi connectivity index (χ0) is 18.4. The molecule has 7 heteroatoms. The number of nitrogens with one attached hydrogen (secondary N) is 1. The summed E-state index contributed by atoms with van der Waals surface area (Å²) < 4.78 is 11.1. The minimum atomic E-state index is -0.0240. The van der Waals surface area contributed by atoms with E-state index in [1.165, 1.54) is 5.56 Å². The third-order valence-corrected chi connectivity index (χ3v) is 5.94. The molecule has 1 N–H and O–H groups in total. The van der Waals surface area contributed by atoms with Crippen LogP contribution in [0.1, 0.15) is 24.8 Å². The van der Waals surface area contributed by atoms with E-state index < -0.39 is 0 Å². The Morgan fingerprint density at radius 1 is 1.26 bits per heavy atom. The highest BCUT2D eigenvalue weighted by atomic mass is 127. The third kappa shape index (κ3) is 5.71. The molecule has 2 aliphatic heterocycles. The first-order valence-electron chi connectivity index (χ1n) is 9.47. The van der Waals surface area contributed by atoms with Gasteiger partial charge in [0.15, 0.2) is 5.96 Å². The monoisotopic (exact) mass is 507 g/mol. The van der Waals surface area contributed by atoms with Crippen molar-refractivity contribution < 1.29 is 9.47 Å². The highest BCUT2D eigenvalue weighted by molar-refractivity contribution is 14.0. The molecule has 2 heterocycles. The lowest BCUT2D eigenvalue weighted by Gasteiger charge is -2.39. The maximum Gasteiger partial charge on any atom is 0.193 e. The summed E-state index contributed by atoms with van der Waals surface area (Å²) in [5, 5.41) is 4.44. The molecular weight excluding hydrogens is 477 g/mol. The van der Waals surface area contributed by atoms with Gasteiger partial charge in [-0.3, -0.25) is 4.99 Å². The first-order valence-corrected chi connectivity index (χ1v) is 9.85. The summed E-state index contributed by atoms with van der Waals surface area (Å²) in [5.41, 5.74) is 1.18. The van der Waals surface area contributed by atoms with E-state index in [4.69, 9.17) is 21.1 Å². The van der Waals surface area contributed by atoms with Crippen LogP contribution in [0.5, 0.6) is 0 Å². The Morgan fingerprint density at radius 2 is 2.00 bits per heavy atom. The Bertz CT molecular complexity index is 617. The molecule has 0 aliphatic carbocycles. The molecule has 0 bridgehead atoms. The summed E-state index contributed by atoms with van der Waals surface area (Å²) in [6, 6.07) is 8.19. The third-order valence-electron chi connectivity index (χ3n) is 5.61. The van der Waals surface area contributed by atoms with Gasteiger partial charge in [0, 0.05) is 63.4 Å². The fourth-order valence-corrected chi connectivity index (χ4v) is 4.37. The number of halogens is 2. The average Bonchev–Trinajstić information content (AvgIpc) is 3.16. The lowest BCUT2D eigenvalue weighted by atomic mass is 9.74. The second kappa shape index (κ2) is 10.8. The Balaban J connectivity index is 0.00000261. The lowest BCUT2D eigenvalue weighted by Crippen LogP contribution is -2.49. The molecule has 1 aromatic carbocycles. The molecule has 1 atom stereocenters. The largest absolute Gasteiger partial charge is 0.381 e. The van der Waals surface area contributed by atoms with Crippen LogP contribution < -0.4 is 5.32 Å². The van der Waals surface area contributed by atoms with Crippen LogP contribution in [0, 0.1) is 5.92 Å². The molecule has 3 rings (SSSR count). The summed E-state index contributed by atoms with van der Waals surface area (Å²) in [6.45, 7) is 5.02. The van der Waals surface area contributed by atoms with E-state index in [1.54, 1.807) is 0 Å². The van der Waals surface area contributed by atoms with Crippen LogP contribution in [-0.2, 0) is 14.9 Å². The standard InChI is InChI=1S/C20H30ClN3O2.HI/c1-22-19(24(2)13-16-7-10-26-14-16)23-15-20(8-11-25-12-9-20)17-5-3-4-6-18(17)21;/h3-6,16H,7-15H2,1-2H3,(H,22,23);1H. The van der Waals surface area contributed by atoms with Crippen LogP contribution in [0.4, 0.5) is 0 Å². The van der Waals surface area contributed by atoms with Crippen LogP contribution >= 0.6 is 35.6 Å². The summed E-state index contributed by atoms with van der Waals surface area (Å²) in [6.07, 6.45) is 3.05. The molecule has 0 saturated carbocycles. The van der Waals surface area contributed by atoms with Gasteiger partial charge in [-0.25, -0.2) is 0 Å². The van der Waals surface area contributed by atoms with Gasteiger partial charge in [-0.2, -0.15) is 0 Å². The zero-order valence-corrected chi connectivity index (χ0v) is 19.3. The van der Waals surface area contributed by atoms with E-state index in [2.05, 4.69) is 34.4 Å². The predicted octanol–water partition coefficient (Wildman–Crippen LogP) is 3.55. The number of hydrogen-bond donors (Lipinski definition) is 1. The van der Waals surface area contributed by atoms with Gasteiger partial charge >= 0.3 is 0 Å². The Hall–Kier alpha value is -0.570. The Kier molecular flexibility index (Phi) is 9.11. The van der Waals surface area contributed by atoms with Gasteiger partial charge in [0.05, 0.1) is 6.61 Å². The minimum absolute atomic E-state index is 0. The molecule has 2 aliphatic rings. The van der Waals surface area contributed by atoms with Gasteiger partial charge < -0.3 is 19.7 Å². The maximum atomic E-state index is 6.55. The van der Waals surface area contributed by atoms with Gasteiger partial charge in [0.1, 0.15) is 0 Å². The van der Waals surface area contributed by atoms with Crippen molar-refractivity contribution in [3.05, 3.63) is 34.9 Å². The van der Waals surface area contributed by atoms with Crippen molar-refractivity contribution in [1.29, 1.82) is 0 Å². The van der Waals surface area contributed by atoms with Crippen LogP contribution in [0.2, 0.25) is 5.02 Å². The topological polar surface area (TPSA) is 46.1 Å². The van der Waals surface area contributed by atoms with E-state index in [0.29, 0.717) is 5.92 Å². The molecule has 5 nitrogen and oxygen atoms in total. The molecule has 1 aromatic rings. The van der Waals surface area contributed by atoms with Crippen molar-refractivity contribution in [1.82, 2.24) is 10.2 Å². The number of aliphatic imine (C=N–C) groups is 1. The van der Waals surface area contributed by atoms with E-state index >= 15 is 0 Å². The molecule has 2 fully saturated rings. The number of guanidine groups is 1. The highest BCUT2D eigenvalue weighted by Crippen LogP contribution is 2.38. The fourth-order valence-electron chi connectivity index (χ4n) is 4.03. The summed E-state index contributed by atoms with van der Waals surface area (Å²) in [4.78, 5) is 6.70. The Morgan fingerprint density at radius 3 is 2.63 bits per heavy atom. The fraction of sp³-hybridized carbons (Fsp3) is 0.650. The number of nitrogens with zero attached hydrogens (tertiary/aromatic N) is 2. The lowest BCUT2D eigenvalue weighted by molar-refractivity contribution is 0.0512. The molecule has 0 radical (unpaired) electrons. The summed E-state index contributed by atoms with van der Waals surface area (Å²) in [5.74, 6) is 1.51. The Labute approximate surface area is 184 Å². The predicted molar refractivity (Wildman–Crippen MR) is 122 cm³/mol. The van der Waals surface area contributed by atoms with Gasteiger partial charge in [0.25, 0.3) is 0 Å². The van der Waals surface area contributed by atoms with E-state index in [1.807, 2.05) is 19.2 Å². The molecule has 1 unspecified atom stereocenters. The van der Waals surface area contributed by atoms with Crippen LogP contribution in [0.25, 0.3) is 0 Å². The number of benzene rings is 1. The van der Waals surface area contributed by atoms with Crippen molar-refractivity contribution in [2.45, 2.75) is 24.7 Å². The first-order chi connectivity index (χ1) is 12.6. The normalized spacial score (nSPS) is 22.2. The quantitative estimate of drug-likeness (QED) is 0.376. The first kappa shape index (κ1) is 22.7. The van der Waals surface area contributed by atoms with Crippen LogP contribution in [0.3, 0.4) is 0 Å². The SMILES string of the molecule is CN=C(NCC1(c2ccccc2Cl)CCOCC1)N(C)CC1CCOC1.I. The maximum absolute atomic E-state index is 6.55. The van der Waals surface area contributed by atoms with Crippen molar-refractivity contribution in [3.63, 3.8) is 0 Å². The molecule has 0 amide bonds. The van der Waals surface area contributed by atoms with Crippen LogP contribution in [-0.4, -0.2) is 64.5 Å². The van der Waals surface area contributed by atoms with Gasteiger partial charge in [0.2, 0.25) is 0 Å². The molecule has 152 valence electrons.